The number of hydrogen-bond acceptors (Lipinski definition) is 4. The van der Waals surface area contributed by atoms with E-state index in [2.05, 4.69) is 10.0 Å². The van der Waals surface area contributed by atoms with Crippen LogP contribution in [-0.2, 0) is 14.8 Å². The summed E-state index contributed by atoms with van der Waals surface area (Å²) >= 11 is 0. The second-order valence-corrected chi connectivity index (χ2v) is 7.84. The quantitative estimate of drug-likeness (QED) is 0.636. The minimum absolute atomic E-state index is 0.0498. The van der Waals surface area contributed by atoms with Gasteiger partial charge in [-0.05, 0) is 55.0 Å². The van der Waals surface area contributed by atoms with Crippen molar-refractivity contribution in [2.75, 3.05) is 16.6 Å². The van der Waals surface area contributed by atoms with Crippen molar-refractivity contribution in [1.29, 1.82) is 0 Å². The van der Waals surface area contributed by atoms with Crippen molar-refractivity contribution in [3.8, 4) is 5.75 Å². The van der Waals surface area contributed by atoms with E-state index in [-0.39, 0.29) is 17.4 Å². The maximum absolute atomic E-state index is 12.5. The summed E-state index contributed by atoms with van der Waals surface area (Å²) in [5.41, 5.74) is 1.86. The second kappa shape index (κ2) is 8.58. The van der Waals surface area contributed by atoms with Crippen molar-refractivity contribution >= 4 is 27.3 Å². The summed E-state index contributed by atoms with van der Waals surface area (Å²) in [4.78, 5) is 12.2. The Bertz CT molecular complexity index is 1070. The molecule has 0 aliphatic carbocycles. The monoisotopic (exact) mass is 396 g/mol. The van der Waals surface area contributed by atoms with Gasteiger partial charge in [-0.15, -0.1) is 0 Å². The Labute approximate surface area is 164 Å². The van der Waals surface area contributed by atoms with Crippen LogP contribution in [0, 0.1) is 6.92 Å². The van der Waals surface area contributed by atoms with Gasteiger partial charge in [-0.1, -0.05) is 36.4 Å². The molecule has 28 heavy (non-hydrogen) atoms. The molecule has 2 N–H and O–H groups in total. The van der Waals surface area contributed by atoms with E-state index in [4.69, 9.17) is 4.74 Å². The van der Waals surface area contributed by atoms with Crippen molar-refractivity contribution in [1.82, 2.24) is 0 Å². The maximum atomic E-state index is 12.5. The highest BCUT2D eigenvalue weighted by Gasteiger charge is 2.15. The minimum Gasteiger partial charge on any atom is -0.484 e. The van der Waals surface area contributed by atoms with Crippen molar-refractivity contribution in [3.63, 3.8) is 0 Å². The fourth-order valence-electron chi connectivity index (χ4n) is 2.51. The third kappa shape index (κ3) is 5.34. The first-order chi connectivity index (χ1) is 13.4. The zero-order chi connectivity index (χ0) is 20.0. The molecule has 0 atom stereocenters. The molecule has 0 heterocycles. The summed E-state index contributed by atoms with van der Waals surface area (Å²) < 4.78 is 33.0. The normalized spacial score (nSPS) is 10.9. The molecule has 1 amide bonds. The summed E-state index contributed by atoms with van der Waals surface area (Å²) in [6.45, 7) is 1.76. The number of benzene rings is 3. The van der Waals surface area contributed by atoms with Crippen LogP contribution in [0.25, 0.3) is 0 Å². The third-order valence-electron chi connectivity index (χ3n) is 3.81. The first-order valence-electron chi connectivity index (χ1n) is 8.60. The maximum Gasteiger partial charge on any atom is 0.262 e. The van der Waals surface area contributed by atoms with Crippen molar-refractivity contribution in [2.24, 2.45) is 0 Å². The summed E-state index contributed by atoms with van der Waals surface area (Å²) in [6, 6.07) is 22.0. The lowest BCUT2D eigenvalue weighted by Crippen LogP contribution is -2.20. The average molecular weight is 396 g/mol. The Hall–Kier alpha value is -3.32. The first-order valence-corrected chi connectivity index (χ1v) is 10.1. The van der Waals surface area contributed by atoms with E-state index in [9.17, 15) is 13.2 Å². The second-order valence-electron chi connectivity index (χ2n) is 6.15. The highest BCUT2D eigenvalue weighted by molar-refractivity contribution is 7.92. The zero-order valence-electron chi connectivity index (χ0n) is 15.3. The Balaban J connectivity index is 1.65. The molecule has 3 rings (SSSR count). The fourth-order valence-corrected chi connectivity index (χ4v) is 3.62. The Morgan fingerprint density at radius 2 is 1.61 bits per heavy atom. The number of rotatable bonds is 7. The number of anilines is 2. The number of para-hydroxylation sites is 1. The van der Waals surface area contributed by atoms with Gasteiger partial charge in [-0.2, -0.15) is 0 Å². The lowest BCUT2D eigenvalue weighted by atomic mass is 10.2. The van der Waals surface area contributed by atoms with E-state index in [0.717, 1.165) is 5.56 Å². The molecule has 0 unspecified atom stereocenters. The van der Waals surface area contributed by atoms with Gasteiger partial charge in [-0.25, -0.2) is 8.42 Å². The number of nitrogens with one attached hydrogen (secondary N) is 2. The molecule has 0 aliphatic rings. The van der Waals surface area contributed by atoms with Gasteiger partial charge >= 0.3 is 0 Å². The Morgan fingerprint density at radius 1 is 0.893 bits per heavy atom. The van der Waals surface area contributed by atoms with Crippen LogP contribution in [0.3, 0.4) is 0 Å². The van der Waals surface area contributed by atoms with Gasteiger partial charge in [-0.3, -0.25) is 9.52 Å². The molecule has 3 aromatic carbocycles. The molecule has 0 bridgehead atoms. The molecule has 3 aromatic rings. The van der Waals surface area contributed by atoms with E-state index in [1.54, 1.807) is 48.5 Å². The minimum atomic E-state index is -3.76. The molecular formula is C21H20N2O4S. The highest BCUT2D eigenvalue weighted by atomic mass is 32.2. The SMILES string of the molecule is Cc1cccc(OCC(=O)Nc2cccc(S(=O)(=O)Nc3ccccc3)c2)c1. The van der Waals surface area contributed by atoms with Gasteiger partial charge in [0, 0.05) is 11.4 Å². The van der Waals surface area contributed by atoms with Gasteiger partial charge in [0.1, 0.15) is 5.75 Å². The molecule has 0 aliphatic heterocycles. The molecule has 0 saturated carbocycles. The van der Waals surface area contributed by atoms with Crippen LogP contribution in [0.5, 0.6) is 5.75 Å². The molecule has 6 nitrogen and oxygen atoms in total. The number of carbonyl (C=O) groups excluding carboxylic acids is 1. The van der Waals surface area contributed by atoms with Crippen LogP contribution in [0.15, 0.2) is 83.8 Å². The van der Waals surface area contributed by atoms with E-state index in [1.807, 2.05) is 25.1 Å². The number of hydrogen-bond donors (Lipinski definition) is 2. The fraction of sp³-hybridized carbons (Fsp3) is 0.0952. The smallest absolute Gasteiger partial charge is 0.262 e. The summed E-state index contributed by atoms with van der Waals surface area (Å²) in [5.74, 6) is 0.214. The lowest BCUT2D eigenvalue weighted by molar-refractivity contribution is -0.118. The van der Waals surface area contributed by atoms with E-state index in [1.165, 1.54) is 12.1 Å². The Kier molecular flexibility index (Phi) is 5.96. The Morgan fingerprint density at radius 3 is 2.36 bits per heavy atom. The third-order valence-corrected chi connectivity index (χ3v) is 5.19. The average Bonchev–Trinajstić information content (AvgIpc) is 2.67. The summed E-state index contributed by atoms with van der Waals surface area (Å²) in [6.07, 6.45) is 0. The van der Waals surface area contributed by atoms with Crippen molar-refractivity contribution in [3.05, 3.63) is 84.4 Å². The predicted octanol–water partition coefficient (Wildman–Crippen LogP) is 3.81. The van der Waals surface area contributed by atoms with Crippen LogP contribution < -0.4 is 14.8 Å². The van der Waals surface area contributed by atoms with Crippen LogP contribution in [0.2, 0.25) is 0 Å². The first kappa shape index (κ1) is 19.4. The van der Waals surface area contributed by atoms with Gasteiger partial charge < -0.3 is 10.1 Å². The molecule has 7 heteroatoms. The molecular weight excluding hydrogens is 376 g/mol. The van der Waals surface area contributed by atoms with Crippen LogP contribution in [0.1, 0.15) is 5.56 Å². The predicted molar refractivity (Wildman–Crippen MR) is 109 cm³/mol. The van der Waals surface area contributed by atoms with Crippen molar-refractivity contribution in [2.45, 2.75) is 11.8 Å². The molecule has 0 aromatic heterocycles. The number of aryl methyl sites for hydroxylation is 1. The number of sulfonamides is 1. The topological polar surface area (TPSA) is 84.5 Å². The number of carbonyl (C=O) groups is 1. The number of amides is 1. The van der Waals surface area contributed by atoms with Crippen molar-refractivity contribution < 1.29 is 17.9 Å². The van der Waals surface area contributed by atoms with Gasteiger partial charge in [0.15, 0.2) is 6.61 Å². The summed E-state index contributed by atoms with van der Waals surface area (Å²) in [7, 11) is -3.76. The van der Waals surface area contributed by atoms with E-state index >= 15 is 0 Å². The van der Waals surface area contributed by atoms with E-state index in [0.29, 0.717) is 17.1 Å². The van der Waals surface area contributed by atoms with Crippen LogP contribution in [0.4, 0.5) is 11.4 Å². The van der Waals surface area contributed by atoms with E-state index < -0.39 is 10.0 Å². The van der Waals surface area contributed by atoms with Gasteiger partial charge in [0.05, 0.1) is 4.90 Å². The highest BCUT2D eigenvalue weighted by Crippen LogP contribution is 2.19. The standard InChI is InChI=1S/C21H20N2O4S/c1-16-7-5-11-19(13-16)27-15-21(24)22-18-10-6-12-20(14-18)28(25,26)23-17-8-3-2-4-9-17/h2-14,23H,15H2,1H3,(H,22,24). The van der Waals surface area contributed by atoms with Crippen LogP contribution >= 0.6 is 0 Å². The number of ether oxygens (including phenoxy) is 1. The molecule has 0 spiro atoms. The zero-order valence-corrected chi connectivity index (χ0v) is 16.1. The van der Waals surface area contributed by atoms with Gasteiger partial charge in [0.2, 0.25) is 0 Å². The summed E-state index contributed by atoms with van der Waals surface area (Å²) in [5, 5.41) is 2.65. The molecule has 0 saturated heterocycles. The van der Waals surface area contributed by atoms with Crippen LogP contribution in [-0.4, -0.2) is 20.9 Å². The molecule has 0 radical (unpaired) electrons. The lowest BCUT2D eigenvalue weighted by Gasteiger charge is -2.11. The largest absolute Gasteiger partial charge is 0.484 e. The molecule has 144 valence electrons. The molecule has 0 fully saturated rings. The van der Waals surface area contributed by atoms with Gasteiger partial charge in [0.25, 0.3) is 15.9 Å².